The molecular formula is C25H30O4. The van der Waals surface area contributed by atoms with Crippen molar-refractivity contribution in [1.82, 2.24) is 0 Å². The summed E-state index contributed by atoms with van der Waals surface area (Å²) >= 11 is 0. The van der Waals surface area contributed by atoms with Crippen LogP contribution in [-0.2, 0) is 14.3 Å². The van der Waals surface area contributed by atoms with E-state index in [-0.39, 0.29) is 29.7 Å². The molecule has 4 fully saturated rings. The molecule has 4 aliphatic carbocycles. The molecule has 4 atom stereocenters. The molecule has 29 heavy (non-hydrogen) atoms. The van der Waals surface area contributed by atoms with Crippen LogP contribution in [0.4, 0.5) is 0 Å². The Morgan fingerprint density at radius 1 is 1.21 bits per heavy atom. The Bertz CT molecular complexity index is 881. The molecule has 0 spiro atoms. The van der Waals surface area contributed by atoms with Gasteiger partial charge in [0.2, 0.25) is 0 Å². The Hall–Kier alpha value is -2.07. The molecule has 4 nitrogen and oxygen atoms in total. The molecule has 4 bridgehead atoms. The summed E-state index contributed by atoms with van der Waals surface area (Å²) in [5.74, 6) is -0.817. The lowest BCUT2D eigenvalue weighted by Crippen LogP contribution is -2.78. The van der Waals surface area contributed by atoms with Crippen molar-refractivity contribution in [3.05, 3.63) is 47.5 Å². The van der Waals surface area contributed by atoms with E-state index in [0.717, 1.165) is 19.3 Å². The monoisotopic (exact) mass is 394 g/mol. The molecule has 4 saturated carbocycles. The summed E-state index contributed by atoms with van der Waals surface area (Å²) < 4.78 is 6.20. The number of hydrogen-bond acceptors (Lipinski definition) is 4. The Morgan fingerprint density at radius 3 is 2.55 bits per heavy atom. The van der Waals surface area contributed by atoms with Gasteiger partial charge < -0.3 is 4.74 Å². The minimum atomic E-state index is -1.59. The van der Waals surface area contributed by atoms with Gasteiger partial charge in [-0.2, -0.15) is 0 Å². The van der Waals surface area contributed by atoms with E-state index in [4.69, 9.17) is 4.74 Å². The van der Waals surface area contributed by atoms with Crippen molar-refractivity contribution in [3.63, 3.8) is 0 Å². The average molecular weight is 395 g/mol. The third-order valence-electron chi connectivity index (χ3n) is 7.68. The second-order valence-electron chi connectivity index (χ2n) is 8.85. The SMILES string of the molecule is CC/C=C1\C(=O)C2(C(=O)c3ccccc3)CC3CCC[C@](CCC)(C2=O)C13OC. The van der Waals surface area contributed by atoms with Crippen LogP contribution in [0.3, 0.4) is 0 Å². The lowest BCUT2D eigenvalue weighted by atomic mass is 9.36. The largest absolute Gasteiger partial charge is 0.372 e. The van der Waals surface area contributed by atoms with Gasteiger partial charge in [-0.15, -0.1) is 0 Å². The Labute approximate surface area is 172 Å². The van der Waals surface area contributed by atoms with E-state index in [1.165, 1.54) is 0 Å². The molecule has 0 radical (unpaired) electrons. The number of ketones is 3. The maximum Gasteiger partial charge on any atom is 0.184 e. The minimum Gasteiger partial charge on any atom is -0.372 e. The van der Waals surface area contributed by atoms with E-state index in [1.807, 2.05) is 19.1 Å². The van der Waals surface area contributed by atoms with Gasteiger partial charge in [0.25, 0.3) is 0 Å². The first kappa shape index (κ1) is 20.2. The number of allylic oxidation sites excluding steroid dienone is 1. The highest BCUT2D eigenvalue weighted by Gasteiger charge is 2.79. The first-order valence-corrected chi connectivity index (χ1v) is 10.9. The van der Waals surface area contributed by atoms with Crippen LogP contribution in [0.2, 0.25) is 0 Å². The first-order valence-electron chi connectivity index (χ1n) is 10.9. The lowest BCUT2D eigenvalue weighted by Gasteiger charge is -2.67. The van der Waals surface area contributed by atoms with Gasteiger partial charge in [-0.05, 0) is 38.0 Å². The Kier molecular flexibility index (Phi) is 4.89. The summed E-state index contributed by atoms with van der Waals surface area (Å²) in [6, 6.07) is 8.85. The summed E-state index contributed by atoms with van der Waals surface area (Å²) in [7, 11) is 1.64. The highest BCUT2D eigenvalue weighted by atomic mass is 16.5. The van der Waals surface area contributed by atoms with E-state index in [2.05, 4.69) is 6.92 Å². The zero-order chi connectivity index (χ0) is 20.9. The van der Waals surface area contributed by atoms with Gasteiger partial charge in [-0.3, -0.25) is 14.4 Å². The van der Waals surface area contributed by atoms with Crippen LogP contribution in [-0.4, -0.2) is 30.1 Å². The number of carbonyl (C=O) groups excluding carboxylic acids is 3. The zero-order valence-corrected chi connectivity index (χ0v) is 17.6. The number of hydrogen-bond donors (Lipinski definition) is 0. The van der Waals surface area contributed by atoms with Gasteiger partial charge >= 0.3 is 0 Å². The van der Waals surface area contributed by atoms with Crippen LogP contribution in [0, 0.1) is 16.7 Å². The third-order valence-corrected chi connectivity index (χ3v) is 7.68. The number of Topliss-reactive ketones (excluding diaryl/α,β-unsaturated/α-hetero) is 3. The molecule has 0 aliphatic heterocycles. The lowest BCUT2D eigenvalue weighted by molar-refractivity contribution is -0.211. The van der Waals surface area contributed by atoms with Crippen LogP contribution in [0.5, 0.6) is 0 Å². The number of ether oxygens (including phenoxy) is 1. The van der Waals surface area contributed by atoms with Crippen LogP contribution in [0.25, 0.3) is 0 Å². The summed E-state index contributed by atoms with van der Waals surface area (Å²) in [6.45, 7) is 4.05. The predicted octanol–water partition coefficient (Wildman–Crippen LogP) is 4.72. The Balaban J connectivity index is 2.01. The standard InChI is InChI=1S/C25H30O4/c1-4-10-19-21(27)24(20(26)17-11-7-6-8-12-17)16-18-13-9-15-23(14-5-2,22(24)28)25(18,19)29-3/h6-8,10-12,18H,4-5,9,13-16H2,1-3H3/b19-10+/t18?,23-,24?,25?/m1/s1. The van der Waals surface area contributed by atoms with E-state index < -0.39 is 16.4 Å². The number of carbonyl (C=O) groups is 3. The number of rotatable bonds is 6. The van der Waals surface area contributed by atoms with E-state index in [0.29, 0.717) is 30.4 Å². The van der Waals surface area contributed by atoms with Crippen molar-refractivity contribution < 1.29 is 19.1 Å². The van der Waals surface area contributed by atoms with Crippen molar-refractivity contribution in [3.8, 4) is 0 Å². The van der Waals surface area contributed by atoms with Crippen molar-refractivity contribution in [1.29, 1.82) is 0 Å². The predicted molar refractivity (Wildman–Crippen MR) is 111 cm³/mol. The molecule has 1 aromatic carbocycles. The summed E-state index contributed by atoms with van der Waals surface area (Å²) in [5.41, 5.74) is -2.25. The fourth-order valence-electron chi connectivity index (χ4n) is 6.81. The molecule has 154 valence electrons. The minimum absolute atomic E-state index is 0.00802. The molecule has 1 aromatic rings. The van der Waals surface area contributed by atoms with Crippen LogP contribution < -0.4 is 0 Å². The van der Waals surface area contributed by atoms with Crippen molar-refractivity contribution in [2.24, 2.45) is 16.7 Å². The van der Waals surface area contributed by atoms with E-state index in [1.54, 1.807) is 31.4 Å². The molecule has 0 amide bonds. The topological polar surface area (TPSA) is 60.4 Å². The molecule has 0 N–H and O–H groups in total. The molecule has 0 aromatic heterocycles. The first-order chi connectivity index (χ1) is 14.0. The molecule has 3 unspecified atom stereocenters. The van der Waals surface area contributed by atoms with Gasteiger partial charge in [0, 0.05) is 18.2 Å². The average Bonchev–Trinajstić information content (AvgIpc) is 2.74. The maximum atomic E-state index is 14.2. The molecule has 4 heteroatoms. The second kappa shape index (κ2) is 7.02. The quantitative estimate of drug-likeness (QED) is 0.398. The van der Waals surface area contributed by atoms with Crippen molar-refractivity contribution in [2.75, 3.05) is 7.11 Å². The smallest absolute Gasteiger partial charge is 0.184 e. The number of methoxy groups -OCH3 is 1. The van der Waals surface area contributed by atoms with Gasteiger partial charge in [0.05, 0.1) is 5.41 Å². The van der Waals surface area contributed by atoms with Crippen molar-refractivity contribution >= 4 is 17.3 Å². The summed E-state index contributed by atoms with van der Waals surface area (Å²) in [5, 5.41) is 0. The zero-order valence-electron chi connectivity index (χ0n) is 17.6. The number of fused-ring (bicyclic) bond motifs is 1. The Morgan fingerprint density at radius 2 is 1.93 bits per heavy atom. The fraction of sp³-hybridized carbons (Fsp3) is 0.560. The van der Waals surface area contributed by atoms with Gasteiger partial charge in [-0.1, -0.05) is 63.1 Å². The molecule has 5 rings (SSSR count). The van der Waals surface area contributed by atoms with Crippen LogP contribution in [0.1, 0.15) is 69.2 Å². The summed E-state index contributed by atoms with van der Waals surface area (Å²) in [6.07, 6.45) is 6.83. The summed E-state index contributed by atoms with van der Waals surface area (Å²) in [4.78, 5) is 41.9. The highest BCUT2D eigenvalue weighted by Crippen LogP contribution is 2.69. The molecule has 0 heterocycles. The van der Waals surface area contributed by atoms with E-state index in [9.17, 15) is 14.4 Å². The normalized spacial score (nSPS) is 37.2. The van der Waals surface area contributed by atoms with Gasteiger partial charge in [-0.25, -0.2) is 0 Å². The van der Waals surface area contributed by atoms with Crippen LogP contribution >= 0.6 is 0 Å². The maximum absolute atomic E-state index is 14.2. The van der Waals surface area contributed by atoms with Gasteiger partial charge in [0.15, 0.2) is 22.8 Å². The highest BCUT2D eigenvalue weighted by molar-refractivity contribution is 6.36. The van der Waals surface area contributed by atoms with Gasteiger partial charge in [0.1, 0.15) is 5.60 Å². The van der Waals surface area contributed by atoms with Crippen molar-refractivity contribution in [2.45, 2.75) is 64.4 Å². The fourth-order valence-corrected chi connectivity index (χ4v) is 6.81. The third kappa shape index (κ3) is 2.27. The second-order valence-corrected chi connectivity index (χ2v) is 8.85. The molecule has 4 aliphatic rings. The molecule has 0 saturated heterocycles. The number of benzene rings is 1. The molecular weight excluding hydrogens is 364 g/mol. The van der Waals surface area contributed by atoms with E-state index >= 15 is 0 Å². The van der Waals surface area contributed by atoms with Crippen LogP contribution in [0.15, 0.2) is 42.0 Å².